The molecule has 3 heterocycles. The Kier molecular flexibility index (Phi) is 5.15. The Morgan fingerprint density at radius 1 is 1.20 bits per heavy atom. The van der Waals surface area contributed by atoms with Crippen LogP contribution < -0.4 is 4.72 Å². The molecule has 25 heavy (non-hydrogen) atoms. The lowest BCUT2D eigenvalue weighted by atomic mass is 10.1. The molecule has 0 bridgehead atoms. The Morgan fingerprint density at radius 2 is 1.96 bits per heavy atom. The maximum Gasteiger partial charge on any atom is 0.245 e. The molecule has 3 rings (SSSR count). The van der Waals surface area contributed by atoms with Gasteiger partial charge in [0.15, 0.2) is 0 Å². The summed E-state index contributed by atoms with van der Waals surface area (Å²) in [6, 6.07) is 5.55. The zero-order valence-electron chi connectivity index (χ0n) is 14.6. The van der Waals surface area contributed by atoms with Gasteiger partial charge in [-0.25, -0.2) is 8.42 Å². The van der Waals surface area contributed by atoms with Crippen LogP contribution in [0.1, 0.15) is 47.8 Å². The maximum atomic E-state index is 13.2. The average molecular weight is 396 g/mol. The summed E-state index contributed by atoms with van der Waals surface area (Å²) in [7, 11) is -3.71. The molecular weight excluding hydrogens is 374 g/mol. The fourth-order valence-electron chi connectivity index (χ4n) is 2.94. The molecule has 0 radical (unpaired) electrons. The standard InChI is InChI=1S/C17H21N3O2S3/c1-11(2)20-13(4)17(12(3)18-20)25(21,22)19-16(14-7-9-23-10-14)15-6-5-8-24-15/h5-11,16,19H,1-4H3. The summed E-state index contributed by atoms with van der Waals surface area (Å²) in [4.78, 5) is 1.24. The number of aryl methyl sites for hydroxylation is 1. The van der Waals surface area contributed by atoms with Crippen molar-refractivity contribution in [2.75, 3.05) is 0 Å². The molecule has 0 aliphatic heterocycles. The maximum absolute atomic E-state index is 13.2. The molecule has 134 valence electrons. The molecule has 0 aliphatic carbocycles. The third-order valence-electron chi connectivity index (χ3n) is 3.99. The van der Waals surface area contributed by atoms with Crippen molar-refractivity contribution in [2.24, 2.45) is 0 Å². The molecule has 0 saturated carbocycles. The van der Waals surface area contributed by atoms with Crippen LogP contribution in [0, 0.1) is 13.8 Å². The average Bonchev–Trinajstić information content (AvgIpc) is 3.26. The number of rotatable bonds is 6. The molecule has 0 amide bonds. The predicted octanol–water partition coefficient (Wildman–Crippen LogP) is 4.27. The molecule has 0 saturated heterocycles. The molecule has 1 atom stereocenters. The Hall–Kier alpha value is -1.48. The van der Waals surface area contributed by atoms with Crippen LogP contribution in [0.15, 0.2) is 39.2 Å². The largest absolute Gasteiger partial charge is 0.266 e. The second kappa shape index (κ2) is 7.03. The van der Waals surface area contributed by atoms with Gasteiger partial charge in [-0.15, -0.1) is 11.3 Å². The summed E-state index contributed by atoms with van der Waals surface area (Å²) in [6.45, 7) is 7.52. The van der Waals surface area contributed by atoms with Gasteiger partial charge in [-0.3, -0.25) is 4.68 Å². The molecule has 3 aromatic heterocycles. The summed E-state index contributed by atoms with van der Waals surface area (Å²) < 4.78 is 31.0. The number of sulfonamides is 1. The fraction of sp³-hybridized carbons (Fsp3) is 0.353. The molecule has 0 fully saturated rings. The predicted molar refractivity (Wildman–Crippen MR) is 103 cm³/mol. The van der Waals surface area contributed by atoms with E-state index >= 15 is 0 Å². The monoisotopic (exact) mass is 395 g/mol. The molecule has 8 heteroatoms. The molecule has 0 aliphatic rings. The van der Waals surface area contributed by atoms with E-state index in [0.717, 1.165) is 10.4 Å². The van der Waals surface area contributed by atoms with Crippen molar-refractivity contribution in [1.82, 2.24) is 14.5 Å². The van der Waals surface area contributed by atoms with E-state index < -0.39 is 16.1 Å². The molecule has 5 nitrogen and oxygen atoms in total. The lowest BCUT2D eigenvalue weighted by molar-refractivity contribution is 0.514. The first-order valence-corrected chi connectivity index (χ1v) is 11.3. The van der Waals surface area contributed by atoms with E-state index in [9.17, 15) is 8.42 Å². The van der Waals surface area contributed by atoms with Gasteiger partial charge in [0.2, 0.25) is 10.0 Å². The quantitative estimate of drug-likeness (QED) is 0.678. The summed E-state index contributed by atoms with van der Waals surface area (Å²) in [5.41, 5.74) is 2.13. The van der Waals surface area contributed by atoms with Crippen LogP contribution in [-0.2, 0) is 10.0 Å². The molecule has 1 unspecified atom stereocenters. The first-order chi connectivity index (χ1) is 11.8. The van der Waals surface area contributed by atoms with Gasteiger partial charge in [-0.05, 0) is 61.5 Å². The fourth-order valence-corrected chi connectivity index (χ4v) is 6.11. The Labute approximate surface area is 156 Å². The van der Waals surface area contributed by atoms with E-state index in [1.165, 1.54) is 0 Å². The van der Waals surface area contributed by atoms with Crippen molar-refractivity contribution in [1.29, 1.82) is 0 Å². The topological polar surface area (TPSA) is 64.0 Å². The minimum Gasteiger partial charge on any atom is -0.266 e. The summed E-state index contributed by atoms with van der Waals surface area (Å²) in [6.07, 6.45) is 0. The van der Waals surface area contributed by atoms with E-state index in [0.29, 0.717) is 11.4 Å². The van der Waals surface area contributed by atoms with Crippen molar-refractivity contribution in [2.45, 2.75) is 44.7 Å². The van der Waals surface area contributed by atoms with Gasteiger partial charge < -0.3 is 0 Å². The Bertz CT molecular complexity index is 906. The number of nitrogens with zero attached hydrogens (tertiary/aromatic N) is 2. The highest BCUT2D eigenvalue weighted by Gasteiger charge is 2.29. The summed E-state index contributed by atoms with van der Waals surface area (Å²) >= 11 is 3.10. The van der Waals surface area contributed by atoms with Crippen LogP contribution in [0.4, 0.5) is 0 Å². The third-order valence-corrected chi connectivity index (χ3v) is 7.31. The zero-order chi connectivity index (χ0) is 18.2. The highest BCUT2D eigenvalue weighted by atomic mass is 32.2. The van der Waals surface area contributed by atoms with E-state index in [-0.39, 0.29) is 10.9 Å². The second-order valence-corrected chi connectivity index (χ2v) is 9.57. The van der Waals surface area contributed by atoms with Crippen molar-refractivity contribution < 1.29 is 8.42 Å². The highest BCUT2D eigenvalue weighted by Crippen LogP contribution is 2.31. The minimum absolute atomic E-state index is 0.104. The van der Waals surface area contributed by atoms with E-state index in [2.05, 4.69) is 9.82 Å². The molecule has 1 N–H and O–H groups in total. The number of aromatic nitrogens is 2. The highest BCUT2D eigenvalue weighted by molar-refractivity contribution is 7.89. The van der Waals surface area contributed by atoms with Gasteiger partial charge in [-0.1, -0.05) is 6.07 Å². The zero-order valence-corrected chi connectivity index (χ0v) is 17.0. The van der Waals surface area contributed by atoms with Gasteiger partial charge in [0, 0.05) is 10.9 Å². The van der Waals surface area contributed by atoms with E-state index in [4.69, 9.17) is 0 Å². The van der Waals surface area contributed by atoms with Crippen LogP contribution >= 0.6 is 22.7 Å². The van der Waals surface area contributed by atoms with Crippen LogP contribution in [-0.4, -0.2) is 18.2 Å². The molecular formula is C17H21N3O2S3. The van der Waals surface area contributed by atoms with Gasteiger partial charge in [0.25, 0.3) is 0 Å². The second-order valence-electron chi connectivity index (χ2n) is 6.16. The Morgan fingerprint density at radius 3 is 2.48 bits per heavy atom. The van der Waals surface area contributed by atoms with Gasteiger partial charge in [0.05, 0.1) is 17.4 Å². The number of hydrogen-bond donors (Lipinski definition) is 1. The lowest BCUT2D eigenvalue weighted by Crippen LogP contribution is -2.29. The van der Waals surface area contributed by atoms with Crippen molar-refractivity contribution in [3.8, 4) is 0 Å². The van der Waals surface area contributed by atoms with Crippen molar-refractivity contribution in [3.05, 3.63) is 56.2 Å². The number of hydrogen-bond acceptors (Lipinski definition) is 5. The molecule has 0 aromatic carbocycles. The van der Waals surface area contributed by atoms with Crippen molar-refractivity contribution >= 4 is 32.7 Å². The first-order valence-electron chi connectivity index (χ1n) is 7.94. The summed E-state index contributed by atoms with van der Waals surface area (Å²) in [5.74, 6) is 0. The SMILES string of the molecule is Cc1nn(C(C)C)c(C)c1S(=O)(=O)NC(c1ccsc1)c1cccs1. The van der Waals surface area contributed by atoms with Crippen molar-refractivity contribution in [3.63, 3.8) is 0 Å². The summed E-state index contributed by atoms with van der Waals surface area (Å²) in [5, 5.41) is 10.3. The van der Waals surface area contributed by atoms with Crippen LogP contribution in [0.2, 0.25) is 0 Å². The van der Waals surface area contributed by atoms with E-state index in [1.807, 2.05) is 48.2 Å². The molecule has 0 spiro atoms. The van der Waals surface area contributed by atoms with Crippen LogP contribution in [0.5, 0.6) is 0 Å². The van der Waals surface area contributed by atoms with Gasteiger partial charge in [0.1, 0.15) is 4.90 Å². The normalized spacial score (nSPS) is 13.5. The van der Waals surface area contributed by atoms with Gasteiger partial charge >= 0.3 is 0 Å². The number of thiophene rings is 2. The smallest absolute Gasteiger partial charge is 0.245 e. The van der Waals surface area contributed by atoms with E-state index in [1.54, 1.807) is 41.2 Å². The third kappa shape index (κ3) is 3.57. The first kappa shape index (κ1) is 18.3. The lowest BCUT2D eigenvalue weighted by Gasteiger charge is -2.17. The molecule has 3 aromatic rings. The minimum atomic E-state index is -3.71. The number of nitrogens with one attached hydrogen (secondary N) is 1. The van der Waals surface area contributed by atoms with Crippen LogP contribution in [0.3, 0.4) is 0 Å². The van der Waals surface area contributed by atoms with Crippen LogP contribution in [0.25, 0.3) is 0 Å². The van der Waals surface area contributed by atoms with Gasteiger partial charge in [-0.2, -0.15) is 21.2 Å². The Balaban J connectivity index is 2.03.